The molecule has 4 rings (SSSR count). The van der Waals surface area contributed by atoms with E-state index >= 15 is 0 Å². The number of ether oxygens (including phenoxy) is 2. The number of fused-ring (bicyclic) bond motifs is 1. The van der Waals surface area contributed by atoms with E-state index in [1.165, 1.54) is 16.9 Å². The molecule has 1 amide bonds. The number of hydrogen-bond acceptors (Lipinski definition) is 8. The number of rotatable bonds is 7. The summed E-state index contributed by atoms with van der Waals surface area (Å²) in [4.78, 5) is 24.9. The third kappa shape index (κ3) is 5.23. The van der Waals surface area contributed by atoms with Crippen LogP contribution in [0.25, 0.3) is 16.7 Å². The zero-order valence-corrected chi connectivity index (χ0v) is 20.5. The van der Waals surface area contributed by atoms with Crippen LogP contribution in [0.3, 0.4) is 0 Å². The summed E-state index contributed by atoms with van der Waals surface area (Å²) in [5.74, 6) is 0.224. The van der Waals surface area contributed by atoms with Gasteiger partial charge >= 0.3 is 5.69 Å². The molecule has 184 valence electrons. The molecule has 36 heavy (non-hydrogen) atoms. The zero-order valence-electron chi connectivity index (χ0n) is 19.6. The van der Waals surface area contributed by atoms with E-state index in [9.17, 15) is 14.9 Å². The Morgan fingerprint density at radius 1 is 1.11 bits per heavy atom. The van der Waals surface area contributed by atoms with E-state index in [0.717, 1.165) is 23.1 Å². The van der Waals surface area contributed by atoms with Crippen LogP contribution in [0, 0.1) is 17.0 Å². The Bertz CT molecular complexity index is 1470. The number of carbonyl (C=O) groups excluding carboxylic acids is 1. The molecular weight excluding hydrogens is 484 g/mol. The van der Waals surface area contributed by atoms with Crippen LogP contribution in [-0.4, -0.2) is 44.7 Å². The van der Waals surface area contributed by atoms with Gasteiger partial charge in [-0.05, 0) is 80.2 Å². The fourth-order valence-electron chi connectivity index (χ4n) is 3.44. The van der Waals surface area contributed by atoms with Crippen molar-refractivity contribution in [3.05, 3.63) is 75.8 Å². The van der Waals surface area contributed by atoms with Gasteiger partial charge in [0, 0.05) is 17.3 Å². The molecule has 0 radical (unpaired) electrons. The predicted molar refractivity (Wildman–Crippen MR) is 138 cm³/mol. The minimum atomic E-state index is -0.601. The number of anilines is 1. The number of aryl methyl sites for hydroxylation is 1. The summed E-state index contributed by atoms with van der Waals surface area (Å²) in [6, 6.07) is 14.9. The molecule has 0 unspecified atom stereocenters. The Morgan fingerprint density at radius 3 is 2.44 bits per heavy atom. The molecule has 3 aromatic carbocycles. The lowest BCUT2D eigenvalue weighted by Gasteiger charge is -2.12. The van der Waals surface area contributed by atoms with Crippen LogP contribution >= 0.6 is 12.2 Å². The fraction of sp³-hybridized carbons (Fsp3) is 0.167. The number of benzene rings is 3. The van der Waals surface area contributed by atoms with Gasteiger partial charge in [-0.25, -0.2) is 0 Å². The number of aromatic nitrogens is 3. The smallest absolute Gasteiger partial charge is 0.311 e. The van der Waals surface area contributed by atoms with Crippen LogP contribution in [0.4, 0.5) is 11.4 Å². The van der Waals surface area contributed by atoms with Gasteiger partial charge in [0.2, 0.25) is 0 Å². The van der Waals surface area contributed by atoms with Crippen LogP contribution < -0.4 is 20.1 Å². The van der Waals surface area contributed by atoms with Crippen molar-refractivity contribution in [3.8, 4) is 17.2 Å². The molecule has 1 heterocycles. The van der Waals surface area contributed by atoms with Gasteiger partial charge < -0.3 is 14.8 Å². The number of thiocarbonyl (C=S) groups is 1. The van der Waals surface area contributed by atoms with E-state index in [4.69, 9.17) is 21.7 Å². The van der Waals surface area contributed by atoms with Crippen molar-refractivity contribution >= 4 is 45.6 Å². The zero-order chi connectivity index (χ0) is 25.8. The first kappa shape index (κ1) is 24.5. The van der Waals surface area contributed by atoms with Crippen molar-refractivity contribution in [1.29, 1.82) is 0 Å². The van der Waals surface area contributed by atoms with E-state index in [2.05, 4.69) is 20.8 Å². The highest BCUT2D eigenvalue weighted by atomic mass is 32.1. The van der Waals surface area contributed by atoms with Crippen molar-refractivity contribution in [2.45, 2.75) is 13.8 Å². The Kier molecular flexibility index (Phi) is 7.06. The molecule has 0 aliphatic carbocycles. The SMILES string of the molecule is CCOc1ccc(C(=O)NC(=S)Nc2cc3nn(-c4ccc(OC)cc4)nc3cc2C)cc1[N+](=O)[O-]. The molecule has 0 fully saturated rings. The maximum absolute atomic E-state index is 12.7. The highest BCUT2D eigenvalue weighted by molar-refractivity contribution is 7.80. The molecule has 0 bridgehead atoms. The quantitative estimate of drug-likeness (QED) is 0.215. The number of methoxy groups -OCH3 is 1. The van der Waals surface area contributed by atoms with Gasteiger partial charge in [-0.15, -0.1) is 10.2 Å². The second kappa shape index (κ2) is 10.4. The lowest BCUT2D eigenvalue weighted by molar-refractivity contribution is -0.385. The average molecular weight is 507 g/mol. The molecule has 0 atom stereocenters. The molecule has 2 N–H and O–H groups in total. The summed E-state index contributed by atoms with van der Waals surface area (Å²) in [5.41, 5.74) is 3.31. The van der Waals surface area contributed by atoms with Crippen molar-refractivity contribution in [3.63, 3.8) is 0 Å². The number of hydrogen-bond donors (Lipinski definition) is 2. The summed E-state index contributed by atoms with van der Waals surface area (Å²) >= 11 is 5.30. The third-order valence-corrected chi connectivity index (χ3v) is 5.43. The lowest BCUT2D eigenvalue weighted by Crippen LogP contribution is -2.34. The molecule has 11 nitrogen and oxygen atoms in total. The Balaban J connectivity index is 1.50. The lowest BCUT2D eigenvalue weighted by atomic mass is 10.1. The summed E-state index contributed by atoms with van der Waals surface area (Å²) in [5, 5.41) is 25.9. The molecule has 0 aliphatic rings. The van der Waals surface area contributed by atoms with Crippen LogP contribution in [0.1, 0.15) is 22.8 Å². The number of nitrogens with one attached hydrogen (secondary N) is 2. The van der Waals surface area contributed by atoms with Gasteiger partial charge in [-0.1, -0.05) is 0 Å². The average Bonchev–Trinajstić information content (AvgIpc) is 3.27. The molecular formula is C24H22N6O5S. The summed E-state index contributed by atoms with van der Waals surface area (Å²) in [6.45, 7) is 3.85. The van der Waals surface area contributed by atoms with Gasteiger partial charge in [0.1, 0.15) is 16.8 Å². The molecule has 0 spiro atoms. The first-order chi connectivity index (χ1) is 17.3. The van der Waals surface area contributed by atoms with Crippen molar-refractivity contribution in [1.82, 2.24) is 20.3 Å². The van der Waals surface area contributed by atoms with Crippen molar-refractivity contribution in [2.75, 3.05) is 19.0 Å². The molecule has 0 aliphatic heterocycles. The predicted octanol–water partition coefficient (Wildman–Crippen LogP) is 4.17. The summed E-state index contributed by atoms with van der Waals surface area (Å²) in [7, 11) is 1.60. The standard InChI is InChI=1S/C24H22N6O5S/c1-4-35-22-10-5-15(12-21(22)30(32)33)23(31)26-24(36)25-18-13-20-19(11-14(18)2)27-29(28-20)16-6-8-17(34-3)9-7-16/h5-13H,4H2,1-3H3,(H2,25,26,31,36). The normalized spacial score (nSPS) is 10.6. The largest absolute Gasteiger partial charge is 0.497 e. The van der Waals surface area contributed by atoms with E-state index in [-0.39, 0.29) is 28.7 Å². The highest BCUT2D eigenvalue weighted by Gasteiger charge is 2.19. The molecule has 12 heteroatoms. The number of nitro benzene ring substituents is 1. The van der Waals surface area contributed by atoms with Crippen molar-refractivity contribution < 1.29 is 19.2 Å². The van der Waals surface area contributed by atoms with E-state index in [1.807, 2.05) is 37.3 Å². The van der Waals surface area contributed by atoms with Crippen molar-refractivity contribution in [2.24, 2.45) is 0 Å². The van der Waals surface area contributed by atoms with E-state index in [0.29, 0.717) is 16.7 Å². The monoisotopic (exact) mass is 506 g/mol. The second-order valence-electron chi connectivity index (χ2n) is 7.62. The van der Waals surface area contributed by atoms with Gasteiger partial charge in [0.05, 0.1) is 24.3 Å². The van der Waals surface area contributed by atoms with Gasteiger partial charge in [-0.3, -0.25) is 20.2 Å². The molecule has 0 saturated heterocycles. The van der Waals surface area contributed by atoms with Crippen LogP contribution in [0.15, 0.2) is 54.6 Å². The number of nitro groups is 1. The maximum Gasteiger partial charge on any atom is 0.311 e. The number of amides is 1. The summed E-state index contributed by atoms with van der Waals surface area (Å²) in [6.07, 6.45) is 0. The minimum Gasteiger partial charge on any atom is -0.497 e. The van der Waals surface area contributed by atoms with E-state index in [1.54, 1.807) is 20.1 Å². The number of nitrogens with zero attached hydrogens (tertiary/aromatic N) is 4. The van der Waals surface area contributed by atoms with Crippen LogP contribution in [0.5, 0.6) is 11.5 Å². The second-order valence-corrected chi connectivity index (χ2v) is 8.03. The van der Waals surface area contributed by atoms with Gasteiger partial charge in [0.15, 0.2) is 10.9 Å². The molecule has 1 aromatic heterocycles. The Labute approximate surface area is 211 Å². The maximum atomic E-state index is 12.7. The Hall–Kier alpha value is -4.58. The first-order valence-electron chi connectivity index (χ1n) is 10.8. The van der Waals surface area contributed by atoms with Gasteiger partial charge in [0.25, 0.3) is 5.91 Å². The summed E-state index contributed by atoms with van der Waals surface area (Å²) < 4.78 is 10.4. The van der Waals surface area contributed by atoms with Gasteiger partial charge in [-0.2, -0.15) is 4.80 Å². The molecule has 4 aromatic rings. The minimum absolute atomic E-state index is 0.0292. The Morgan fingerprint density at radius 2 is 1.81 bits per heavy atom. The van der Waals surface area contributed by atoms with Crippen LogP contribution in [-0.2, 0) is 0 Å². The first-order valence-corrected chi connectivity index (χ1v) is 11.3. The van der Waals surface area contributed by atoms with E-state index < -0.39 is 10.8 Å². The van der Waals surface area contributed by atoms with Crippen LogP contribution in [0.2, 0.25) is 0 Å². The third-order valence-electron chi connectivity index (χ3n) is 5.22. The highest BCUT2D eigenvalue weighted by Crippen LogP contribution is 2.28. The fourth-order valence-corrected chi connectivity index (χ4v) is 3.64. The molecule has 0 saturated carbocycles. The number of carbonyl (C=O) groups is 1. The topological polar surface area (TPSA) is 133 Å².